The first-order valence-electron chi connectivity index (χ1n) is 16.1. The number of aromatic nitrogens is 4. The zero-order valence-electron chi connectivity index (χ0n) is 27.0. The fraction of sp³-hybridized carbons (Fsp3) is 0.333. The van der Waals surface area contributed by atoms with E-state index in [1.54, 1.807) is 11.1 Å². The number of morpholine rings is 1. The molecule has 0 atom stereocenters. The Labute approximate surface area is 274 Å². The van der Waals surface area contributed by atoms with Crippen LogP contribution in [0.25, 0.3) is 28.2 Å². The molecule has 242 valence electrons. The number of carbonyl (C=O) groups is 1. The third-order valence-electron chi connectivity index (χ3n) is 9.24. The van der Waals surface area contributed by atoms with Crippen LogP contribution in [-0.4, -0.2) is 67.5 Å². The number of nitrogens with one attached hydrogen (secondary N) is 1. The van der Waals surface area contributed by atoms with Crippen molar-refractivity contribution in [1.82, 2.24) is 24.4 Å². The van der Waals surface area contributed by atoms with Crippen molar-refractivity contribution in [3.63, 3.8) is 0 Å². The summed E-state index contributed by atoms with van der Waals surface area (Å²) in [6, 6.07) is 24.0. The maximum absolute atomic E-state index is 12.5. The highest BCUT2D eigenvalue weighted by atomic mass is 16.5. The van der Waals surface area contributed by atoms with Gasteiger partial charge in [0.05, 0.1) is 35.7 Å². The number of nitrogens with zero attached hydrogens (tertiary/aromatic N) is 6. The van der Waals surface area contributed by atoms with Crippen molar-refractivity contribution in [1.29, 1.82) is 0 Å². The number of para-hydroxylation sites is 2. The molecule has 2 aromatic carbocycles. The molecule has 7 rings (SSSR count). The van der Waals surface area contributed by atoms with Gasteiger partial charge in [-0.05, 0) is 94.1 Å². The van der Waals surface area contributed by atoms with E-state index in [2.05, 4.69) is 27.3 Å². The first-order valence-corrected chi connectivity index (χ1v) is 16.1. The lowest BCUT2D eigenvalue weighted by atomic mass is 9.69. The van der Waals surface area contributed by atoms with Gasteiger partial charge in [0, 0.05) is 30.5 Å². The number of rotatable bonds is 7. The van der Waals surface area contributed by atoms with Crippen molar-refractivity contribution in [2.75, 3.05) is 42.3 Å². The lowest BCUT2D eigenvalue weighted by Crippen LogP contribution is -2.60. The average Bonchev–Trinajstić information content (AvgIpc) is 3.41. The van der Waals surface area contributed by atoms with Crippen LogP contribution in [-0.2, 0) is 10.3 Å². The second-order valence-electron chi connectivity index (χ2n) is 13.2. The SMILES string of the molecule is CC(C)(C)N(C(=O)O)C1(c2ccc(-n3c(-c4cccnc4N)nc4ccc(Nc5ccccc5N5CCOCC5)nc43)cc2)CCC1. The van der Waals surface area contributed by atoms with Gasteiger partial charge in [-0.1, -0.05) is 24.3 Å². The monoisotopic (exact) mass is 632 g/mol. The van der Waals surface area contributed by atoms with E-state index in [4.69, 9.17) is 20.4 Å². The van der Waals surface area contributed by atoms with Gasteiger partial charge >= 0.3 is 6.09 Å². The van der Waals surface area contributed by atoms with Crippen molar-refractivity contribution in [3.8, 4) is 17.1 Å². The molecule has 3 aromatic heterocycles. The van der Waals surface area contributed by atoms with Gasteiger partial charge in [-0.25, -0.2) is 19.7 Å². The van der Waals surface area contributed by atoms with Gasteiger partial charge in [0.2, 0.25) is 0 Å². The molecule has 5 aromatic rings. The molecule has 0 spiro atoms. The number of hydrogen-bond acceptors (Lipinski definition) is 8. The van der Waals surface area contributed by atoms with Crippen LogP contribution in [0.2, 0.25) is 0 Å². The molecule has 4 heterocycles. The van der Waals surface area contributed by atoms with Gasteiger partial charge < -0.3 is 25.8 Å². The van der Waals surface area contributed by atoms with E-state index in [0.29, 0.717) is 47.4 Å². The Morgan fingerprint density at radius 1 is 0.979 bits per heavy atom. The fourth-order valence-electron chi connectivity index (χ4n) is 7.04. The zero-order valence-corrected chi connectivity index (χ0v) is 27.0. The van der Waals surface area contributed by atoms with Crippen molar-refractivity contribution in [2.45, 2.75) is 51.1 Å². The molecule has 11 nitrogen and oxygen atoms in total. The molecule has 2 fully saturated rings. The second-order valence-corrected chi connectivity index (χ2v) is 13.2. The van der Waals surface area contributed by atoms with Crippen LogP contribution in [0, 0.1) is 0 Å². The van der Waals surface area contributed by atoms with Gasteiger partial charge in [0.15, 0.2) is 11.5 Å². The van der Waals surface area contributed by atoms with Crippen molar-refractivity contribution in [3.05, 3.63) is 84.6 Å². The lowest BCUT2D eigenvalue weighted by molar-refractivity contribution is -0.0328. The van der Waals surface area contributed by atoms with Crippen molar-refractivity contribution >= 4 is 40.3 Å². The normalized spacial score (nSPS) is 16.1. The summed E-state index contributed by atoms with van der Waals surface area (Å²) < 4.78 is 7.57. The Balaban J connectivity index is 1.32. The van der Waals surface area contributed by atoms with E-state index in [-0.39, 0.29) is 0 Å². The quantitative estimate of drug-likeness (QED) is 0.177. The third kappa shape index (κ3) is 5.50. The van der Waals surface area contributed by atoms with Gasteiger partial charge in [-0.2, -0.15) is 0 Å². The summed E-state index contributed by atoms with van der Waals surface area (Å²) in [5.74, 6) is 1.67. The summed E-state index contributed by atoms with van der Waals surface area (Å²) >= 11 is 0. The first-order chi connectivity index (χ1) is 22.7. The molecular formula is C36H40N8O3. The number of nitrogen functional groups attached to an aromatic ring is 1. The van der Waals surface area contributed by atoms with Gasteiger partial charge in [0.25, 0.3) is 0 Å². The molecule has 0 unspecified atom stereocenters. The number of imidazole rings is 1. The van der Waals surface area contributed by atoms with E-state index in [9.17, 15) is 9.90 Å². The minimum atomic E-state index is -0.907. The molecule has 1 aliphatic carbocycles. The average molecular weight is 633 g/mol. The Hall–Kier alpha value is -5.16. The van der Waals surface area contributed by atoms with Crippen LogP contribution < -0.4 is 16.0 Å². The van der Waals surface area contributed by atoms with Crippen molar-refractivity contribution < 1.29 is 14.6 Å². The standard InChI is InChI=1S/C36H40N8O3/c1-35(2,3)44(34(45)46)36(17-7-18-36)24-11-13-25(14-12-24)43-32(26-8-6-19-38-31(26)37)40-28-15-16-30(41-33(28)43)39-27-9-4-5-10-29(27)42-20-22-47-23-21-42/h4-6,8-16,19H,7,17-18,20-23H2,1-3H3,(H2,37,38)(H,39,41)(H,45,46). The number of pyridine rings is 2. The maximum atomic E-state index is 12.5. The third-order valence-corrected chi connectivity index (χ3v) is 9.24. The molecule has 1 saturated carbocycles. The molecule has 2 aliphatic rings. The summed E-state index contributed by atoms with van der Waals surface area (Å²) in [5, 5.41) is 13.8. The number of nitrogens with two attached hydrogens (primary N) is 1. The smallest absolute Gasteiger partial charge is 0.408 e. The topological polar surface area (TPSA) is 135 Å². The molecule has 1 aliphatic heterocycles. The number of benzene rings is 2. The van der Waals surface area contributed by atoms with Gasteiger partial charge in [-0.3, -0.25) is 9.47 Å². The summed E-state index contributed by atoms with van der Waals surface area (Å²) in [4.78, 5) is 30.9. The summed E-state index contributed by atoms with van der Waals surface area (Å²) in [6.45, 7) is 8.90. The van der Waals surface area contributed by atoms with Crippen LogP contribution >= 0.6 is 0 Å². The second kappa shape index (κ2) is 11.9. The summed E-state index contributed by atoms with van der Waals surface area (Å²) in [5.41, 5.74) is 11.2. The van der Waals surface area contributed by atoms with Gasteiger partial charge in [0.1, 0.15) is 17.2 Å². The number of carboxylic acid groups (broad SMARTS) is 1. The Morgan fingerprint density at radius 3 is 2.38 bits per heavy atom. The Bertz CT molecular complexity index is 1920. The van der Waals surface area contributed by atoms with Crippen LogP contribution in [0.5, 0.6) is 0 Å². The van der Waals surface area contributed by atoms with E-state index >= 15 is 0 Å². The van der Waals surface area contributed by atoms with E-state index in [1.165, 1.54) is 0 Å². The molecule has 1 saturated heterocycles. The molecule has 4 N–H and O–H groups in total. The highest BCUT2D eigenvalue weighted by molar-refractivity contribution is 5.85. The highest BCUT2D eigenvalue weighted by Crippen LogP contribution is 2.49. The van der Waals surface area contributed by atoms with E-state index < -0.39 is 17.2 Å². The first kappa shape index (κ1) is 30.5. The van der Waals surface area contributed by atoms with Crippen molar-refractivity contribution in [2.24, 2.45) is 0 Å². The molecule has 1 amide bonds. The van der Waals surface area contributed by atoms with Crippen LogP contribution in [0.1, 0.15) is 45.6 Å². The van der Waals surface area contributed by atoms with Gasteiger partial charge in [-0.15, -0.1) is 0 Å². The lowest BCUT2D eigenvalue weighted by Gasteiger charge is -2.54. The zero-order chi connectivity index (χ0) is 32.8. The van der Waals surface area contributed by atoms with Crippen LogP contribution in [0.15, 0.2) is 79.0 Å². The predicted molar refractivity (Wildman–Crippen MR) is 184 cm³/mol. The number of anilines is 4. The predicted octanol–water partition coefficient (Wildman–Crippen LogP) is 6.80. The highest BCUT2D eigenvalue weighted by Gasteiger charge is 2.50. The molecule has 11 heteroatoms. The molecule has 47 heavy (non-hydrogen) atoms. The largest absolute Gasteiger partial charge is 0.465 e. The molecule has 0 bridgehead atoms. The fourth-order valence-corrected chi connectivity index (χ4v) is 7.04. The van der Waals surface area contributed by atoms with E-state index in [1.807, 2.05) is 86.0 Å². The minimum Gasteiger partial charge on any atom is -0.465 e. The van der Waals surface area contributed by atoms with Crippen LogP contribution in [0.3, 0.4) is 0 Å². The van der Waals surface area contributed by atoms with E-state index in [0.717, 1.165) is 55.0 Å². The van der Waals surface area contributed by atoms with Crippen LogP contribution in [0.4, 0.5) is 27.8 Å². The number of fused-ring (bicyclic) bond motifs is 1. The Morgan fingerprint density at radius 2 is 1.72 bits per heavy atom. The summed E-state index contributed by atoms with van der Waals surface area (Å²) in [6.07, 6.45) is 3.30. The minimum absolute atomic E-state index is 0.370. The molecular weight excluding hydrogens is 592 g/mol. The maximum Gasteiger partial charge on any atom is 0.408 e. The number of ether oxygens (including phenoxy) is 1. The molecule has 0 radical (unpaired) electrons. The summed E-state index contributed by atoms with van der Waals surface area (Å²) in [7, 11) is 0. The number of hydrogen-bond donors (Lipinski definition) is 3. The Kier molecular flexibility index (Phi) is 7.71. The number of amides is 1.